The van der Waals surface area contributed by atoms with Crippen LogP contribution in [0.3, 0.4) is 0 Å². The van der Waals surface area contributed by atoms with Crippen LogP contribution in [0.4, 0.5) is 5.69 Å². The van der Waals surface area contributed by atoms with Crippen LogP contribution in [0.5, 0.6) is 17.2 Å². The Labute approximate surface area is 172 Å². The predicted molar refractivity (Wildman–Crippen MR) is 110 cm³/mol. The summed E-state index contributed by atoms with van der Waals surface area (Å²) in [5.74, 6) is 1.27. The summed E-state index contributed by atoms with van der Waals surface area (Å²) in [6.45, 7) is 0.187. The van der Waals surface area contributed by atoms with Gasteiger partial charge >= 0.3 is 0 Å². The molecule has 0 aliphatic heterocycles. The minimum Gasteiger partial charge on any atom is -0.493 e. The second kappa shape index (κ2) is 9.55. The molecule has 156 valence electrons. The van der Waals surface area contributed by atoms with Crippen molar-refractivity contribution in [2.24, 2.45) is 0 Å². The number of benzene rings is 2. The van der Waals surface area contributed by atoms with Crippen LogP contribution in [-0.2, 0) is 11.2 Å². The number of hydrogen-bond acceptors (Lipinski definition) is 7. The highest BCUT2D eigenvalue weighted by Crippen LogP contribution is 2.31. The molecule has 0 aliphatic carbocycles. The third kappa shape index (κ3) is 4.75. The highest BCUT2D eigenvalue weighted by Gasteiger charge is 2.16. The Morgan fingerprint density at radius 1 is 1.10 bits per heavy atom. The zero-order valence-electron chi connectivity index (χ0n) is 16.6. The number of fused-ring (bicyclic) bond motifs is 1. The number of rotatable bonds is 9. The SMILES string of the molecule is COc1ccc(CCNC(=O)COc2ccc([N+](=O)[O-])c3cccnc23)cc1OC. The van der Waals surface area contributed by atoms with Crippen LogP contribution in [0.2, 0.25) is 0 Å². The van der Waals surface area contributed by atoms with Crippen LogP contribution in [0, 0.1) is 10.1 Å². The van der Waals surface area contributed by atoms with E-state index in [0.717, 1.165) is 5.56 Å². The largest absolute Gasteiger partial charge is 0.493 e. The minimum atomic E-state index is -0.478. The van der Waals surface area contributed by atoms with E-state index in [1.165, 1.54) is 18.3 Å². The zero-order valence-corrected chi connectivity index (χ0v) is 16.6. The summed E-state index contributed by atoms with van der Waals surface area (Å²) in [6.07, 6.45) is 2.12. The number of aromatic nitrogens is 1. The molecular weight excluding hydrogens is 390 g/mol. The molecule has 3 rings (SSSR count). The molecule has 0 saturated carbocycles. The lowest BCUT2D eigenvalue weighted by Gasteiger charge is -2.11. The van der Waals surface area contributed by atoms with Gasteiger partial charge in [-0.2, -0.15) is 0 Å². The monoisotopic (exact) mass is 411 g/mol. The van der Waals surface area contributed by atoms with E-state index in [9.17, 15) is 14.9 Å². The fraction of sp³-hybridized carbons (Fsp3) is 0.238. The molecule has 0 saturated heterocycles. The summed E-state index contributed by atoms with van der Waals surface area (Å²) in [5, 5.41) is 14.3. The Bertz CT molecular complexity index is 1070. The van der Waals surface area contributed by atoms with Gasteiger partial charge in [-0.15, -0.1) is 0 Å². The number of amides is 1. The standard InChI is InChI=1S/C21H21N3O6/c1-28-17-7-5-14(12-19(17)29-2)9-11-22-20(25)13-30-18-8-6-16(24(26)27)15-4-3-10-23-21(15)18/h3-8,10,12H,9,11,13H2,1-2H3,(H,22,25). The molecule has 0 fully saturated rings. The number of carbonyl (C=O) groups is 1. The molecule has 3 aromatic rings. The van der Waals surface area contributed by atoms with E-state index in [1.807, 2.05) is 18.2 Å². The normalized spacial score (nSPS) is 10.5. The van der Waals surface area contributed by atoms with Crippen molar-refractivity contribution in [2.45, 2.75) is 6.42 Å². The first-order valence-corrected chi connectivity index (χ1v) is 9.16. The number of methoxy groups -OCH3 is 2. The number of pyridine rings is 1. The van der Waals surface area contributed by atoms with Crippen molar-refractivity contribution in [1.29, 1.82) is 0 Å². The second-order valence-electron chi connectivity index (χ2n) is 6.32. The Balaban J connectivity index is 1.57. The summed E-state index contributed by atoms with van der Waals surface area (Å²) in [6, 6.07) is 11.6. The van der Waals surface area contributed by atoms with Gasteiger partial charge in [-0.25, -0.2) is 0 Å². The van der Waals surface area contributed by atoms with Crippen molar-refractivity contribution in [3.63, 3.8) is 0 Å². The van der Waals surface area contributed by atoms with E-state index >= 15 is 0 Å². The van der Waals surface area contributed by atoms with Gasteiger partial charge in [0.25, 0.3) is 11.6 Å². The third-order valence-electron chi connectivity index (χ3n) is 4.45. The van der Waals surface area contributed by atoms with Gasteiger partial charge in [0.2, 0.25) is 0 Å². The molecule has 0 radical (unpaired) electrons. The first-order chi connectivity index (χ1) is 14.5. The van der Waals surface area contributed by atoms with E-state index in [1.54, 1.807) is 26.4 Å². The maximum absolute atomic E-state index is 12.1. The number of nitro benzene ring substituents is 1. The van der Waals surface area contributed by atoms with Crippen molar-refractivity contribution < 1.29 is 23.9 Å². The molecule has 2 aromatic carbocycles. The molecule has 0 aliphatic rings. The van der Waals surface area contributed by atoms with Gasteiger partial charge in [0.15, 0.2) is 18.1 Å². The van der Waals surface area contributed by atoms with E-state index in [-0.39, 0.29) is 18.2 Å². The van der Waals surface area contributed by atoms with Crippen molar-refractivity contribution in [3.8, 4) is 17.2 Å². The Kier molecular flexibility index (Phi) is 6.63. The lowest BCUT2D eigenvalue weighted by atomic mass is 10.1. The van der Waals surface area contributed by atoms with Crippen LogP contribution in [-0.4, -0.2) is 43.2 Å². The molecular formula is C21H21N3O6. The van der Waals surface area contributed by atoms with E-state index in [2.05, 4.69) is 10.3 Å². The molecule has 1 amide bonds. The van der Waals surface area contributed by atoms with E-state index in [0.29, 0.717) is 41.1 Å². The Hall–Kier alpha value is -3.88. The molecule has 1 aromatic heterocycles. The van der Waals surface area contributed by atoms with Crippen LogP contribution in [0.15, 0.2) is 48.7 Å². The van der Waals surface area contributed by atoms with Crippen LogP contribution < -0.4 is 19.5 Å². The van der Waals surface area contributed by atoms with Gasteiger partial charge in [0.05, 0.1) is 24.5 Å². The van der Waals surface area contributed by atoms with Gasteiger partial charge in [0.1, 0.15) is 11.3 Å². The number of nitrogens with one attached hydrogen (secondary N) is 1. The molecule has 1 heterocycles. The fourth-order valence-electron chi connectivity index (χ4n) is 2.98. The molecule has 9 heteroatoms. The van der Waals surface area contributed by atoms with Gasteiger partial charge in [-0.05, 0) is 42.3 Å². The average Bonchev–Trinajstić information content (AvgIpc) is 2.77. The number of nitro groups is 1. The van der Waals surface area contributed by atoms with Crippen molar-refractivity contribution in [1.82, 2.24) is 10.3 Å². The second-order valence-corrected chi connectivity index (χ2v) is 6.32. The minimum absolute atomic E-state index is 0.0650. The highest BCUT2D eigenvalue weighted by molar-refractivity contribution is 5.92. The molecule has 0 spiro atoms. The number of carbonyl (C=O) groups excluding carboxylic acids is 1. The number of ether oxygens (including phenoxy) is 3. The van der Waals surface area contributed by atoms with Gasteiger partial charge in [-0.3, -0.25) is 19.9 Å². The highest BCUT2D eigenvalue weighted by atomic mass is 16.6. The molecule has 30 heavy (non-hydrogen) atoms. The van der Waals surface area contributed by atoms with Crippen molar-refractivity contribution in [2.75, 3.05) is 27.4 Å². The summed E-state index contributed by atoms with van der Waals surface area (Å²) < 4.78 is 16.0. The third-order valence-corrected chi connectivity index (χ3v) is 4.45. The number of nitrogens with zero attached hydrogens (tertiary/aromatic N) is 2. The predicted octanol–water partition coefficient (Wildman–Crippen LogP) is 2.90. The lowest BCUT2D eigenvalue weighted by molar-refractivity contribution is -0.383. The summed E-state index contributed by atoms with van der Waals surface area (Å²) in [7, 11) is 3.14. The Morgan fingerprint density at radius 2 is 1.87 bits per heavy atom. The van der Waals surface area contributed by atoms with E-state index in [4.69, 9.17) is 14.2 Å². The fourth-order valence-corrected chi connectivity index (χ4v) is 2.98. The van der Waals surface area contributed by atoms with Crippen molar-refractivity contribution >= 4 is 22.5 Å². The number of hydrogen-bond donors (Lipinski definition) is 1. The topological polar surface area (TPSA) is 113 Å². The van der Waals surface area contributed by atoms with Gasteiger partial charge < -0.3 is 19.5 Å². The molecule has 0 atom stereocenters. The van der Waals surface area contributed by atoms with Gasteiger partial charge in [0, 0.05) is 18.8 Å². The first-order valence-electron chi connectivity index (χ1n) is 9.16. The first kappa shape index (κ1) is 20.8. The van der Waals surface area contributed by atoms with Crippen LogP contribution in [0.25, 0.3) is 10.9 Å². The van der Waals surface area contributed by atoms with Crippen LogP contribution in [0.1, 0.15) is 5.56 Å². The quantitative estimate of drug-likeness (QED) is 0.425. The zero-order chi connectivity index (χ0) is 21.5. The van der Waals surface area contributed by atoms with Crippen LogP contribution >= 0.6 is 0 Å². The molecule has 0 unspecified atom stereocenters. The maximum atomic E-state index is 12.1. The van der Waals surface area contributed by atoms with Crippen molar-refractivity contribution in [3.05, 3.63) is 64.3 Å². The molecule has 0 bridgehead atoms. The maximum Gasteiger partial charge on any atom is 0.279 e. The Morgan fingerprint density at radius 3 is 2.60 bits per heavy atom. The summed E-state index contributed by atoms with van der Waals surface area (Å²) in [4.78, 5) is 27.0. The van der Waals surface area contributed by atoms with E-state index < -0.39 is 4.92 Å². The average molecular weight is 411 g/mol. The van der Waals surface area contributed by atoms with Gasteiger partial charge in [-0.1, -0.05) is 6.07 Å². The smallest absolute Gasteiger partial charge is 0.279 e. The molecule has 9 nitrogen and oxygen atoms in total. The lowest BCUT2D eigenvalue weighted by Crippen LogP contribution is -2.30. The number of non-ortho nitro benzene ring substituents is 1. The summed E-state index contributed by atoms with van der Waals surface area (Å²) >= 11 is 0. The molecule has 1 N–H and O–H groups in total. The summed E-state index contributed by atoms with van der Waals surface area (Å²) in [5.41, 5.74) is 1.26.